The van der Waals surface area contributed by atoms with Gasteiger partial charge in [-0.05, 0) is 60.3 Å². The number of amides is 1. The highest BCUT2D eigenvalue weighted by Gasteiger charge is 2.50. The molecule has 1 aromatic rings. The topological polar surface area (TPSA) is 75.6 Å². The van der Waals surface area contributed by atoms with Crippen molar-refractivity contribution in [2.45, 2.75) is 32.8 Å². The van der Waals surface area contributed by atoms with Crippen LogP contribution in [-0.2, 0) is 9.59 Å². The van der Waals surface area contributed by atoms with Gasteiger partial charge in [0.1, 0.15) is 5.75 Å². The average Bonchev–Trinajstić information content (AvgIpc) is 3.20. The van der Waals surface area contributed by atoms with Gasteiger partial charge in [-0.1, -0.05) is 6.07 Å². The van der Waals surface area contributed by atoms with Gasteiger partial charge in [-0.2, -0.15) is 0 Å². The maximum absolute atomic E-state index is 12.0. The molecule has 0 aliphatic heterocycles. The second-order valence-electron chi connectivity index (χ2n) is 5.50. The van der Waals surface area contributed by atoms with Crippen molar-refractivity contribution < 1.29 is 19.4 Å². The van der Waals surface area contributed by atoms with Gasteiger partial charge in [0, 0.05) is 6.54 Å². The van der Waals surface area contributed by atoms with Gasteiger partial charge < -0.3 is 15.2 Å². The largest absolute Gasteiger partial charge is 0.481 e. The summed E-state index contributed by atoms with van der Waals surface area (Å²) in [5.74, 6) is -0.574. The number of hydrogen-bond acceptors (Lipinski definition) is 3. The van der Waals surface area contributed by atoms with E-state index in [2.05, 4.69) is 21.2 Å². The Labute approximate surface area is 131 Å². The molecule has 6 heteroatoms. The highest BCUT2D eigenvalue weighted by atomic mass is 79.9. The van der Waals surface area contributed by atoms with E-state index in [1.54, 1.807) is 13.0 Å². The Hall–Kier alpha value is -1.56. The molecule has 5 nitrogen and oxygen atoms in total. The van der Waals surface area contributed by atoms with Crippen LogP contribution in [0, 0.1) is 12.3 Å². The van der Waals surface area contributed by atoms with Crippen molar-refractivity contribution in [1.82, 2.24) is 5.32 Å². The van der Waals surface area contributed by atoms with E-state index in [0.717, 1.165) is 10.0 Å². The van der Waals surface area contributed by atoms with Crippen LogP contribution in [0.5, 0.6) is 5.75 Å². The average molecular weight is 356 g/mol. The highest BCUT2D eigenvalue weighted by Crippen LogP contribution is 2.45. The minimum Gasteiger partial charge on any atom is -0.481 e. The van der Waals surface area contributed by atoms with E-state index in [-0.39, 0.29) is 12.5 Å². The summed E-state index contributed by atoms with van der Waals surface area (Å²) in [6.45, 7) is 3.76. The number of aryl methyl sites for hydroxylation is 1. The number of carbonyl (C=O) groups is 2. The molecule has 1 saturated carbocycles. The lowest BCUT2D eigenvalue weighted by Gasteiger charge is -2.17. The predicted molar refractivity (Wildman–Crippen MR) is 81.3 cm³/mol. The molecule has 1 aromatic carbocycles. The number of halogens is 1. The maximum Gasteiger partial charge on any atom is 0.311 e. The van der Waals surface area contributed by atoms with Gasteiger partial charge >= 0.3 is 5.97 Å². The van der Waals surface area contributed by atoms with E-state index < -0.39 is 17.5 Å². The molecule has 21 heavy (non-hydrogen) atoms. The maximum atomic E-state index is 12.0. The summed E-state index contributed by atoms with van der Waals surface area (Å²) in [5, 5.41) is 11.7. The van der Waals surface area contributed by atoms with E-state index >= 15 is 0 Å². The van der Waals surface area contributed by atoms with Crippen molar-refractivity contribution in [2.75, 3.05) is 6.54 Å². The van der Waals surface area contributed by atoms with Crippen LogP contribution in [-0.4, -0.2) is 29.6 Å². The van der Waals surface area contributed by atoms with Crippen LogP contribution in [0.25, 0.3) is 0 Å². The van der Waals surface area contributed by atoms with E-state index in [1.807, 2.05) is 19.1 Å². The van der Waals surface area contributed by atoms with Crippen molar-refractivity contribution in [2.24, 2.45) is 5.41 Å². The fourth-order valence-corrected chi connectivity index (χ4v) is 2.55. The van der Waals surface area contributed by atoms with Gasteiger partial charge in [0.2, 0.25) is 0 Å². The Kier molecular flexibility index (Phi) is 4.56. The molecule has 2 N–H and O–H groups in total. The Morgan fingerprint density at radius 1 is 1.48 bits per heavy atom. The number of ether oxygens (including phenoxy) is 1. The third kappa shape index (κ3) is 3.75. The zero-order chi connectivity index (χ0) is 15.6. The number of benzene rings is 1. The van der Waals surface area contributed by atoms with Crippen LogP contribution >= 0.6 is 15.9 Å². The number of carboxylic acid groups (broad SMARTS) is 1. The Morgan fingerprint density at radius 2 is 2.14 bits per heavy atom. The van der Waals surface area contributed by atoms with E-state index in [1.165, 1.54) is 0 Å². The smallest absolute Gasteiger partial charge is 0.311 e. The van der Waals surface area contributed by atoms with E-state index in [0.29, 0.717) is 18.6 Å². The normalized spacial score (nSPS) is 16.9. The third-order valence-electron chi connectivity index (χ3n) is 3.67. The summed E-state index contributed by atoms with van der Waals surface area (Å²) in [5.41, 5.74) is 0.322. The second kappa shape index (κ2) is 6.05. The zero-order valence-electron chi connectivity index (χ0n) is 12.0. The molecule has 0 spiro atoms. The van der Waals surface area contributed by atoms with Gasteiger partial charge in [-0.15, -0.1) is 0 Å². The molecule has 0 aromatic heterocycles. The molecule has 114 valence electrons. The van der Waals surface area contributed by atoms with Crippen molar-refractivity contribution >= 4 is 27.8 Å². The summed E-state index contributed by atoms with van der Waals surface area (Å²) < 4.78 is 6.39. The predicted octanol–water partition coefficient (Wildman–Crippen LogP) is 2.51. The molecule has 1 atom stereocenters. The fourth-order valence-electron chi connectivity index (χ4n) is 1.96. The summed E-state index contributed by atoms with van der Waals surface area (Å²) >= 11 is 3.39. The van der Waals surface area contributed by atoms with Gasteiger partial charge in [0.15, 0.2) is 6.10 Å². The molecule has 1 aliphatic rings. The molecule has 1 unspecified atom stereocenters. The van der Waals surface area contributed by atoms with Crippen LogP contribution in [0.1, 0.15) is 25.3 Å². The monoisotopic (exact) mass is 355 g/mol. The zero-order valence-corrected chi connectivity index (χ0v) is 13.6. The Bertz CT molecular complexity index is 569. The van der Waals surface area contributed by atoms with Gasteiger partial charge in [-0.25, -0.2) is 0 Å². The molecule has 0 bridgehead atoms. The summed E-state index contributed by atoms with van der Waals surface area (Å²) in [6.07, 6.45) is 0.538. The SMILES string of the molecule is Cc1ccc(OC(C)C(=O)NCC2(C(=O)O)CC2)c(Br)c1. The number of rotatable bonds is 6. The molecular weight excluding hydrogens is 338 g/mol. The molecule has 2 rings (SSSR count). The van der Waals surface area contributed by atoms with Crippen molar-refractivity contribution in [3.8, 4) is 5.75 Å². The number of nitrogens with one attached hydrogen (secondary N) is 1. The van der Waals surface area contributed by atoms with Crippen LogP contribution < -0.4 is 10.1 Å². The van der Waals surface area contributed by atoms with Crippen LogP contribution in [0.15, 0.2) is 22.7 Å². The van der Waals surface area contributed by atoms with Crippen molar-refractivity contribution in [3.63, 3.8) is 0 Å². The molecular formula is C15H18BrNO4. The minimum atomic E-state index is -0.849. The third-order valence-corrected chi connectivity index (χ3v) is 4.29. The van der Waals surface area contributed by atoms with Gasteiger partial charge in [-0.3, -0.25) is 9.59 Å². The first-order chi connectivity index (χ1) is 9.84. The summed E-state index contributed by atoms with van der Waals surface area (Å²) in [4.78, 5) is 23.0. The van der Waals surface area contributed by atoms with E-state index in [4.69, 9.17) is 9.84 Å². The molecule has 0 heterocycles. The molecule has 0 radical (unpaired) electrons. The number of carboxylic acids is 1. The Morgan fingerprint density at radius 3 is 2.67 bits per heavy atom. The first kappa shape index (κ1) is 15.8. The van der Waals surface area contributed by atoms with Crippen molar-refractivity contribution in [1.29, 1.82) is 0 Å². The highest BCUT2D eigenvalue weighted by molar-refractivity contribution is 9.10. The van der Waals surface area contributed by atoms with Crippen molar-refractivity contribution in [3.05, 3.63) is 28.2 Å². The van der Waals surface area contributed by atoms with Gasteiger partial charge in [0.05, 0.1) is 9.89 Å². The first-order valence-electron chi connectivity index (χ1n) is 6.78. The number of hydrogen-bond donors (Lipinski definition) is 2. The number of aliphatic carboxylic acids is 1. The quantitative estimate of drug-likeness (QED) is 0.821. The Balaban J connectivity index is 1.89. The van der Waals surface area contributed by atoms with Crippen LogP contribution in [0.2, 0.25) is 0 Å². The summed E-state index contributed by atoms with van der Waals surface area (Å²) in [7, 11) is 0. The fraction of sp³-hybridized carbons (Fsp3) is 0.467. The molecule has 1 fully saturated rings. The van der Waals surface area contributed by atoms with Gasteiger partial charge in [0.25, 0.3) is 5.91 Å². The minimum absolute atomic E-state index is 0.157. The summed E-state index contributed by atoms with van der Waals surface area (Å²) in [6, 6.07) is 5.60. The first-order valence-corrected chi connectivity index (χ1v) is 7.57. The van der Waals surface area contributed by atoms with E-state index in [9.17, 15) is 9.59 Å². The standard InChI is InChI=1S/C15H18BrNO4/c1-9-3-4-12(11(16)7-9)21-10(2)13(18)17-8-15(5-6-15)14(19)20/h3-4,7,10H,5-6,8H2,1-2H3,(H,17,18)(H,19,20). The van der Waals surface area contributed by atoms with Crippen LogP contribution in [0.4, 0.5) is 0 Å². The lowest BCUT2D eigenvalue weighted by atomic mass is 10.1. The molecule has 1 aliphatic carbocycles. The van der Waals surface area contributed by atoms with Crippen LogP contribution in [0.3, 0.4) is 0 Å². The molecule has 1 amide bonds. The lowest BCUT2D eigenvalue weighted by molar-refractivity contribution is -0.143. The lowest BCUT2D eigenvalue weighted by Crippen LogP contribution is -2.41. The number of carbonyl (C=O) groups excluding carboxylic acids is 1. The second-order valence-corrected chi connectivity index (χ2v) is 6.35. The molecule has 0 saturated heterocycles.